The molecule has 0 saturated carbocycles. The molecule has 2 rings (SSSR count). The van der Waals surface area contributed by atoms with Gasteiger partial charge in [0.1, 0.15) is 11.9 Å². The Bertz CT molecular complexity index is 730. The third-order valence-corrected chi connectivity index (χ3v) is 4.16. The molecule has 0 spiro atoms. The minimum absolute atomic E-state index is 0.0705. The van der Waals surface area contributed by atoms with Gasteiger partial charge in [-0.3, -0.25) is 4.79 Å². The summed E-state index contributed by atoms with van der Waals surface area (Å²) in [7, 11) is 0. The van der Waals surface area contributed by atoms with Gasteiger partial charge in [-0.2, -0.15) is 5.10 Å². The Balaban J connectivity index is 2.14. The first-order valence-electron chi connectivity index (χ1n) is 8.80. The molecule has 0 bridgehead atoms. The molecule has 0 fully saturated rings. The molecule has 0 aliphatic carbocycles. The van der Waals surface area contributed by atoms with Crippen LogP contribution >= 0.6 is 0 Å². The first-order valence-corrected chi connectivity index (χ1v) is 8.80. The van der Waals surface area contributed by atoms with Gasteiger partial charge in [0.25, 0.3) is 5.56 Å². The van der Waals surface area contributed by atoms with Crippen molar-refractivity contribution in [1.29, 1.82) is 0 Å². The van der Waals surface area contributed by atoms with Crippen molar-refractivity contribution < 1.29 is 9.84 Å². The summed E-state index contributed by atoms with van der Waals surface area (Å²) >= 11 is 0. The molecular weight excluding hydrogens is 316 g/mol. The highest BCUT2D eigenvalue weighted by atomic mass is 16.5. The van der Waals surface area contributed by atoms with Crippen LogP contribution < -0.4 is 10.3 Å². The fourth-order valence-corrected chi connectivity index (χ4v) is 2.53. The van der Waals surface area contributed by atoms with Gasteiger partial charge >= 0.3 is 0 Å². The van der Waals surface area contributed by atoms with E-state index in [1.54, 1.807) is 0 Å². The molecule has 1 heterocycles. The molecule has 136 valence electrons. The third-order valence-electron chi connectivity index (χ3n) is 4.16. The maximum atomic E-state index is 12.1. The van der Waals surface area contributed by atoms with Crippen molar-refractivity contribution in [2.45, 2.75) is 58.6 Å². The Morgan fingerprint density at radius 3 is 2.44 bits per heavy atom. The number of nitrogens with zero attached hydrogens (tertiary/aromatic N) is 2. The smallest absolute Gasteiger partial charge is 0.270 e. The van der Waals surface area contributed by atoms with Gasteiger partial charge in [0, 0.05) is 12.6 Å². The summed E-state index contributed by atoms with van der Waals surface area (Å²) in [6, 6.07) is 9.42. The normalized spacial score (nSPS) is 12.8. The molecule has 5 heteroatoms. The van der Waals surface area contributed by atoms with Gasteiger partial charge in [-0.1, -0.05) is 58.4 Å². The molecule has 1 aromatic carbocycles. The van der Waals surface area contributed by atoms with E-state index < -0.39 is 6.10 Å². The monoisotopic (exact) mass is 344 g/mol. The van der Waals surface area contributed by atoms with E-state index in [2.05, 4.69) is 32.8 Å². The van der Waals surface area contributed by atoms with Crippen molar-refractivity contribution in [3.8, 4) is 5.75 Å². The molecule has 1 aromatic heterocycles. The predicted molar refractivity (Wildman–Crippen MR) is 99.0 cm³/mol. The number of hydrogen-bond acceptors (Lipinski definition) is 4. The standard InChI is InChI=1S/C20H28N2O3/c1-5-6-11-22-19(24)12-17(13-21-22)25-18(14-23)15-7-9-16(10-8-15)20(2,3)4/h7-10,12-13,18,23H,5-6,11,14H2,1-4H3. The Labute approximate surface area is 149 Å². The van der Waals surface area contributed by atoms with Crippen molar-refractivity contribution in [2.24, 2.45) is 0 Å². The first kappa shape index (κ1) is 19.2. The summed E-state index contributed by atoms with van der Waals surface area (Å²) in [5.41, 5.74) is 1.96. The van der Waals surface area contributed by atoms with Gasteiger partial charge in [-0.25, -0.2) is 4.68 Å². The number of ether oxygens (including phenoxy) is 1. The van der Waals surface area contributed by atoms with Crippen molar-refractivity contribution in [3.63, 3.8) is 0 Å². The molecule has 2 aromatic rings. The van der Waals surface area contributed by atoms with Gasteiger partial charge in [0.15, 0.2) is 0 Å². The average Bonchev–Trinajstić information content (AvgIpc) is 2.58. The molecule has 0 aliphatic rings. The molecule has 25 heavy (non-hydrogen) atoms. The average molecular weight is 344 g/mol. The summed E-state index contributed by atoms with van der Waals surface area (Å²) in [4.78, 5) is 12.1. The molecule has 0 aliphatic heterocycles. The number of aryl methyl sites for hydroxylation is 1. The second kappa shape index (κ2) is 8.30. The second-order valence-electron chi connectivity index (χ2n) is 7.27. The van der Waals surface area contributed by atoms with Crippen molar-refractivity contribution in [3.05, 3.63) is 58.0 Å². The molecule has 1 unspecified atom stereocenters. The van der Waals surface area contributed by atoms with E-state index in [1.165, 1.54) is 22.5 Å². The maximum absolute atomic E-state index is 12.1. The van der Waals surface area contributed by atoms with Gasteiger partial charge in [-0.15, -0.1) is 0 Å². The van der Waals surface area contributed by atoms with Gasteiger partial charge in [-0.05, 0) is 23.0 Å². The molecule has 5 nitrogen and oxygen atoms in total. The third kappa shape index (κ3) is 5.16. The van der Waals surface area contributed by atoms with Crippen LogP contribution in [0.25, 0.3) is 0 Å². The highest BCUT2D eigenvalue weighted by Gasteiger charge is 2.17. The number of rotatable bonds is 7. The predicted octanol–water partition coefficient (Wildman–Crippen LogP) is 3.45. The number of hydrogen-bond donors (Lipinski definition) is 1. The second-order valence-corrected chi connectivity index (χ2v) is 7.27. The van der Waals surface area contributed by atoms with Crippen LogP contribution in [0.5, 0.6) is 5.75 Å². The van der Waals surface area contributed by atoms with Crippen LogP contribution in [-0.2, 0) is 12.0 Å². The van der Waals surface area contributed by atoms with Gasteiger partial charge < -0.3 is 9.84 Å². The van der Waals surface area contributed by atoms with Crippen molar-refractivity contribution >= 4 is 0 Å². The zero-order valence-corrected chi connectivity index (χ0v) is 15.5. The van der Waals surface area contributed by atoms with E-state index >= 15 is 0 Å². The van der Waals surface area contributed by atoms with Crippen LogP contribution in [0.15, 0.2) is 41.3 Å². The quantitative estimate of drug-likeness (QED) is 0.835. The summed E-state index contributed by atoms with van der Waals surface area (Å²) in [5, 5.41) is 13.8. The highest BCUT2D eigenvalue weighted by molar-refractivity contribution is 5.29. The fourth-order valence-electron chi connectivity index (χ4n) is 2.53. The Kier molecular flexibility index (Phi) is 6.37. The Hall–Kier alpha value is -2.14. The summed E-state index contributed by atoms with van der Waals surface area (Å²) in [6.45, 7) is 8.96. The SMILES string of the molecule is CCCCn1ncc(OC(CO)c2ccc(C(C)(C)C)cc2)cc1=O. The molecular formula is C20H28N2O3. The number of aliphatic hydroxyl groups excluding tert-OH is 1. The Morgan fingerprint density at radius 1 is 1.24 bits per heavy atom. The van der Waals surface area contributed by atoms with Crippen molar-refractivity contribution in [2.75, 3.05) is 6.61 Å². The lowest BCUT2D eigenvalue weighted by Crippen LogP contribution is -2.23. The van der Waals surface area contributed by atoms with Crippen LogP contribution in [0.1, 0.15) is 57.8 Å². The van der Waals surface area contributed by atoms with Gasteiger partial charge in [0.2, 0.25) is 0 Å². The lowest BCUT2D eigenvalue weighted by molar-refractivity contribution is 0.115. The van der Waals surface area contributed by atoms with E-state index in [0.29, 0.717) is 12.3 Å². The molecule has 1 N–H and O–H groups in total. The number of aromatic nitrogens is 2. The summed E-state index contributed by atoms with van der Waals surface area (Å²) < 4.78 is 7.22. The lowest BCUT2D eigenvalue weighted by Gasteiger charge is -2.21. The Morgan fingerprint density at radius 2 is 1.92 bits per heavy atom. The molecule has 1 atom stereocenters. The zero-order valence-electron chi connectivity index (χ0n) is 15.5. The minimum Gasteiger partial charge on any atom is -0.481 e. The zero-order chi connectivity index (χ0) is 18.4. The van der Waals surface area contributed by atoms with E-state index in [-0.39, 0.29) is 17.6 Å². The molecule has 0 saturated heterocycles. The topological polar surface area (TPSA) is 64.3 Å². The summed E-state index contributed by atoms with van der Waals surface area (Å²) in [5.74, 6) is 0.372. The van der Waals surface area contributed by atoms with E-state index in [1.807, 2.05) is 24.3 Å². The van der Waals surface area contributed by atoms with E-state index in [4.69, 9.17) is 4.74 Å². The van der Waals surface area contributed by atoms with Crippen LogP contribution in [-0.4, -0.2) is 21.5 Å². The maximum Gasteiger partial charge on any atom is 0.270 e. The summed E-state index contributed by atoms with van der Waals surface area (Å²) in [6.07, 6.45) is 2.92. The van der Waals surface area contributed by atoms with E-state index in [9.17, 15) is 9.90 Å². The highest BCUT2D eigenvalue weighted by Crippen LogP contribution is 2.25. The van der Waals surface area contributed by atoms with E-state index in [0.717, 1.165) is 18.4 Å². The largest absolute Gasteiger partial charge is 0.481 e. The van der Waals surface area contributed by atoms with Crippen LogP contribution in [0.4, 0.5) is 0 Å². The van der Waals surface area contributed by atoms with Crippen LogP contribution in [0.2, 0.25) is 0 Å². The fraction of sp³-hybridized carbons (Fsp3) is 0.500. The van der Waals surface area contributed by atoms with Crippen LogP contribution in [0.3, 0.4) is 0 Å². The van der Waals surface area contributed by atoms with Gasteiger partial charge in [0.05, 0.1) is 12.8 Å². The number of aliphatic hydroxyl groups is 1. The van der Waals surface area contributed by atoms with Crippen LogP contribution in [0, 0.1) is 0 Å². The molecule has 0 radical (unpaired) electrons. The van der Waals surface area contributed by atoms with Crippen molar-refractivity contribution in [1.82, 2.24) is 9.78 Å². The number of unbranched alkanes of at least 4 members (excludes halogenated alkanes) is 1. The minimum atomic E-state index is -0.526. The first-order chi connectivity index (χ1) is 11.8. The molecule has 0 amide bonds. The lowest BCUT2D eigenvalue weighted by atomic mass is 9.86. The number of benzene rings is 1.